The van der Waals surface area contributed by atoms with Gasteiger partial charge in [-0.2, -0.15) is 0 Å². The predicted octanol–water partition coefficient (Wildman–Crippen LogP) is 0.420. The first-order chi connectivity index (χ1) is 10.0. The Morgan fingerprint density at radius 1 is 1.00 bits per heavy atom. The van der Waals surface area contributed by atoms with Gasteiger partial charge in [0, 0.05) is 5.56 Å². The van der Waals surface area contributed by atoms with Crippen molar-refractivity contribution in [3.8, 4) is 5.75 Å². The molecule has 0 saturated heterocycles. The van der Waals surface area contributed by atoms with Crippen LogP contribution < -0.4 is 4.74 Å². The molecule has 0 unspecified atom stereocenters. The third-order valence-corrected chi connectivity index (χ3v) is 3.32. The molecule has 1 atom stereocenters. The first-order valence-electron chi connectivity index (χ1n) is 6.05. The minimum atomic E-state index is -2.24. The van der Waals surface area contributed by atoms with Gasteiger partial charge < -0.3 is 18.9 Å². The van der Waals surface area contributed by atoms with Crippen molar-refractivity contribution in [2.24, 2.45) is 0 Å². The fraction of sp³-hybridized carbons (Fsp3) is 0.357. The van der Waals surface area contributed by atoms with Gasteiger partial charge in [-0.3, -0.25) is 4.79 Å². The van der Waals surface area contributed by atoms with Crippen molar-refractivity contribution >= 4 is 17.9 Å². The van der Waals surface area contributed by atoms with E-state index in [9.17, 15) is 14.4 Å². The average molecular weight is 294 g/mol. The van der Waals surface area contributed by atoms with E-state index in [1.807, 2.05) is 0 Å². The number of benzene rings is 1. The Labute approximate surface area is 120 Å². The summed E-state index contributed by atoms with van der Waals surface area (Å²) < 4.78 is 19.5. The van der Waals surface area contributed by atoms with E-state index in [-0.39, 0.29) is 5.75 Å². The number of para-hydroxylation sites is 1. The number of rotatable bonds is 3. The van der Waals surface area contributed by atoms with Gasteiger partial charge in [-0.05, 0) is 6.07 Å². The van der Waals surface area contributed by atoms with E-state index < -0.39 is 29.4 Å². The molecule has 0 aromatic heterocycles. The number of carbonyl (C=O) groups is 3. The zero-order valence-electron chi connectivity index (χ0n) is 11.7. The Balaban J connectivity index is 2.67. The minimum absolute atomic E-state index is 0.226. The summed E-state index contributed by atoms with van der Waals surface area (Å²) in [5.74, 6) is -3.92. The fourth-order valence-electron chi connectivity index (χ4n) is 2.38. The van der Waals surface area contributed by atoms with Crippen LogP contribution in [0.4, 0.5) is 0 Å². The third-order valence-electron chi connectivity index (χ3n) is 3.32. The van der Waals surface area contributed by atoms with Crippen LogP contribution in [0.15, 0.2) is 24.3 Å². The molecular weight excluding hydrogens is 280 g/mol. The van der Waals surface area contributed by atoms with Crippen molar-refractivity contribution in [3.05, 3.63) is 29.8 Å². The van der Waals surface area contributed by atoms with Crippen molar-refractivity contribution in [3.63, 3.8) is 0 Å². The maximum absolute atomic E-state index is 12.2. The van der Waals surface area contributed by atoms with Crippen molar-refractivity contribution < 1.29 is 33.3 Å². The average Bonchev–Trinajstić information content (AvgIpc) is 2.88. The van der Waals surface area contributed by atoms with Gasteiger partial charge >= 0.3 is 23.5 Å². The van der Waals surface area contributed by atoms with E-state index in [0.717, 1.165) is 21.3 Å². The van der Waals surface area contributed by atoms with Gasteiger partial charge in [0.25, 0.3) is 0 Å². The molecule has 0 amide bonds. The van der Waals surface area contributed by atoms with Gasteiger partial charge in [-0.1, -0.05) is 18.2 Å². The summed E-state index contributed by atoms with van der Waals surface area (Å²) in [5, 5.41) is 0. The molecule has 1 heterocycles. The first-order valence-corrected chi connectivity index (χ1v) is 6.05. The lowest BCUT2D eigenvalue weighted by atomic mass is 9.84. The van der Waals surface area contributed by atoms with Gasteiger partial charge in [0.05, 0.1) is 21.3 Å². The van der Waals surface area contributed by atoms with Crippen molar-refractivity contribution in [2.45, 2.75) is 11.5 Å². The summed E-state index contributed by atoms with van der Waals surface area (Å²) in [6.45, 7) is 0. The van der Waals surface area contributed by atoms with Gasteiger partial charge in [0.15, 0.2) is 0 Å². The molecule has 2 rings (SSSR count). The standard InChI is InChI=1S/C14H14O7/c1-18-11(15)10-8-6-4-5-7-9(8)21-14(10,12(16)19-2)13(17)20-3/h4-7,10H,1-3H3/t10-/m1/s1. The molecule has 0 bridgehead atoms. The Hall–Kier alpha value is -2.57. The molecule has 7 nitrogen and oxygen atoms in total. The summed E-state index contributed by atoms with van der Waals surface area (Å²) in [7, 11) is 3.34. The molecule has 0 saturated carbocycles. The molecule has 21 heavy (non-hydrogen) atoms. The van der Waals surface area contributed by atoms with E-state index >= 15 is 0 Å². The molecular formula is C14H14O7. The van der Waals surface area contributed by atoms with Gasteiger partial charge in [0.1, 0.15) is 11.7 Å². The lowest BCUT2D eigenvalue weighted by Crippen LogP contribution is -2.56. The number of hydrogen-bond donors (Lipinski definition) is 0. The first kappa shape index (κ1) is 14.8. The quantitative estimate of drug-likeness (QED) is 0.453. The lowest BCUT2D eigenvalue weighted by molar-refractivity contribution is -0.181. The number of fused-ring (bicyclic) bond motifs is 1. The molecule has 0 N–H and O–H groups in total. The van der Waals surface area contributed by atoms with Gasteiger partial charge in [0.2, 0.25) is 0 Å². The van der Waals surface area contributed by atoms with Crippen LogP contribution >= 0.6 is 0 Å². The minimum Gasteiger partial charge on any atom is -0.468 e. The highest BCUT2D eigenvalue weighted by atomic mass is 16.6. The zero-order valence-corrected chi connectivity index (χ0v) is 11.7. The number of ether oxygens (including phenoxy) is 4. The monoisotopic (exact) mass is 294 g/mol. The summed E-state index contributed by atoms with van der Waals surface area (Å²) >= 11 is 0. The number of carbonyl (C=O) groups excluding carboxylic acids is 3. The highest BCUT2D eigenvalue weighted by molar-refractivity contribution is 6.11. The maximum atomic E-state index is 12.2. The van der Waals surface area contributed by atoms with E-state index in [1.54, 1.807) is 24.3 Å². The highest BCUT2D eigenvalue weighted by Gasteiger charge is 2.65. The molecule has 0 radical (unpaired) electrons. The summed E-state index contributed by atoms with van der Waals surface area (Å²) in [6, 6.07) is 6.42. The van der Waals surface area contributed by atoms with Crippen molar-refractivity contribution in [1.29, 1.82) is 0 Å². The molecule has 1 aromatic carbocycles. The third kappa shape index (κ3) is 2.01. The van der Waals surface area contributed by atoms with E-state index in [0.29, 0.717) is 5.56 Å². The molecule has 1 aromatic rings. The van der Waals surface area contributed by atoms with Gasteiger partial charge in [-0.15, -0.1) is 0 Å². The number of hydrogen-bond acceptors (Lipinski definition) is 7. The van der Waals surface area contributed by atoms with E-state index in [1.165, 1.54) is 0 Å². The molecule has 112 valence electrons. The highest BCUT2D eigenvalue weighted by Crippen LogP contribution is 2.46. The van der Waals surface area contributed by atoms with Gasteiger partial charge in [-0.25, -0.2) is 9.59 Å². The molecule has 1 aliphatic heterocycles. The normalized spacial score (nSPS) is 18.1. The Morgan fingerprint density at radius 3 is 2.10 bits per heavy atom. The molecule has 1 aliphatic rings. The van der Waals surface area contributed by atoms with Crippen LogP contribution in [-0.4, -0.2) is 44.8 Å². The largest absolute Gasteiger partial charge is 0.468 e. The van der Waals surface area contributed by atoms with Crippen LogP contribution in [0.1, 0.15) is 11.5 Å². The Bertz CT molecular complexity index is 577. The summed E-state index contributed by atoms with van der Waals surface area (Å²) in [4.78, 5) is 36.5. The van der Waals surface area contributed by atoms with Crippen molar-refractivity contribution in [2.75, 3.05) is 21.3 Å². The van der Waals surface area contributed by atoms with Crippen LogP contribution in [0, 0.1) is 0 Å². The number of esters is 3. The second-order valence-electron chi connectivity index (χ2n) is 4.31. The predicted molar refractivity (Wildman–Crippen MR) is 68.6 cm³/mol. The maximum Gasteiger partial charge on any atom is 0.363 e. The molecule has 0 fully saturated rings. The van der Waals surface area contributed by atoms with E-state index in [2.05, 4.69) is 9.47 Å². The second kappa shape index (κ2) is 5.43. The van der Waals surface area contributed by atoms with Crippen LogP contribution in [0.3, 0.4) is 0 Å². The molecule has 0 aliphatic carbocycles. The van der Waals surface area contributed by atoms with Crippen LogP contribution in [-0.2, 0) is 28.6 Å². The van der Waals surface area contributed by atoms with E-state index in [4.69, 9.17) is 9.47 Å². The smallest absolute Gasteiger partial charge is 0.363 e. The SMILES string of the molecule is COC(=O)[C@H]1c2ccccc2OC1(C(=O)OC)C(=O)OC. The topological polar surface area (TPSA) is 88.1 Å². The van der Waals surface area contributed by atoms with Crippen molar-refractivity contribution in [1.82, 2.24) is 0 Å². The summed E-state index contributed by atoms with van der Waals surface area (Å²) in [5.41, 5.74) is -1.87. The zero-order chi connectivity index (χ0) is 15.6. The fourth-order valence-corrected chi connectivity index (χ4v) is 2.38. The Kier molecular flexibility index (Phi) is 3.84. The second-order valence-corrected chi connectivity index (χ2v) is 4.31. The van der Waals surface area contributed by atoms with Crippen LogP contribution in [0.2, 0.25) is 0 Å². The molecule has 7 heteroatoms. The van der Waals surface area contributed by atoms with Crippen LogP contribution in [0.25, 0.3) is 0 Å². The summed E-state index contributed by atoms with van der Waals surface area (Å²) in [6.07, 6.45) is 0. The van der Waals surface area contributed by atoms with Crippen LogP contribution in [0.5, 0.6) is 5.75 Å². The Morgan fingerprint density at radius 2 is 1.57 bits per heavy atom. The molecule has 0 spiro atoms. The number of methoxy groups -OCH3 is 3. The lowest BCUT2D eigenvalue weighted by Gasteiger charge is -2.27.